The number of aromatic nitrogens is 3. The van der Waals surface area contributed by atoms with Crippen molar-refractivity contribution in [2.45, 2.75) is 22.8 Å². The van der Waals surface area contributed by atoms with Crippen LogP contribution in [0.2, 0.25) is 0 Å². The number of rotatable bonds is 8. The summed E-state index contributed by atoms with van der Waals surface area (Å²) < 4.78 is 1.62. The third-order valence-corrected chi connectivity index (χ3v) is 4.71. The summed E-state index contributed by atoms with van der Waals surface area (Å²) >= 11 is 8.50. The SMILES string of the molecule is O=C(Cc1cccc(NC(CO)C(=O)O)c1)Nc1cccc(-n2c(S)nnc2S)c1. The van der Waals surface area contributed by atoms with Crippen LogP contribution in [-0.2, 0) is 16.0 Å². The maximum absolute atomic E-state index is 12.5. The average molecular weight is 446 g/mol. The quantitative estimate of drug-likeness (QED) is 0.292. The molecule has 0 saturated heterocycles. The minimum Gasteiger partial charge on any atom is -0.480 e. The number of aliphatic hydroxyl groups is 1. The second kappa shape index (κ2) is 9.65. The first-order valence-corrected chi connectivity index (χ1v) is 9.69. The summed E-state index contributed by atoms with van der Waals surface area (Å²) in [5.41, 5.74) is 2.46. The maximum Gasteiger partial charge on any atom is 0.328 e. The Balaban J connectivity index is 1.69. The summed E-state index contributed by atoms with van der Waals surface area (Å²) in [5, 5.41) is 32.1. The van der Waals surface area contributed by atoms with Gasteiger partial charge in [-0.3, -0.25) is 9.36 Å². The van der Waals surface area contributed by atoms with E-state index >= 15 is 0 Å². The van der Waals surface area contributed by atoms with Gasteiger partial charge >= 0.3 is 5.97 Å². The van der Waals surface area contributed by atoms with E-state index in [-0.39, 0.29) is 12.3 Å². The smallest absolute Gasteiger partial charge is 0.328 e. The zero-order valence-corrected chi connectivity index (χ0v) is 17.3. The lowest BCUT2D eigenvalue weighted by atomic mass is 10.1. The lowest BCUT2D eigenvalue weighted by Crippen LogP contribution is -2.32. The molecule has 156 valence electrons. The summed E-state index contributed by atoms with van der Waals surface area (Å²) in [4.78, 5) is 23.5. The highest BCUT2D eigenvalue weighted by molar-refractivity contribution is 7.80. The molecule has 3 rings (SSSR count). The van der Waals surface area contributed by atoms with Gasteiger partial charge in [0.05, 0.1) is 18.7 Å². The molecule has 2 aromatic carbocycles. The molecule has 0 spiro atoms. The Hall–Kier alpha value is -3.02. The number of hydrogen-bond donors (Lipinski definition) is 6. The first kappa shape index (κ1) is 21.7. The molecule has 1 heterocycles. The average Bonchev–Trinajstić information content (AvgIpc) is 3.04. The Morgan fingerprint density at radius 3 is 2.37 bits per heavy atom. The molecule has 0 aliphatic heterocycles. The predicted octanol–water partition coefficient (Wildman–Crippen LogP) is 1.88. The topological polar surface area (TPSA) is 129 Å². The van der Waals surface area contributed by atoms with Crippen LogP contribution in [-0.4, -0.2) is 49.5 Å². The van der Waals surface area contributed by atoms with Gasteiger partial charge in [0.2, 0.25) is 5.91 Å². The van der Waals surface area contributed by atoms with Crippen molar-refractivity contribution in [1.82, 2.24) is 14.8 Å². The van der Waals surface area contributed by atoms with Crippen molar-refractivity contribution in [3.8, 4) is 5.69 Å². The molecule has 30 heavy (non-hydrogen) atoms. The highest BCUT2D eigenvalue weighted by atomic mass is 32.1. The molecule has 0 fully saturated rings. The van der Waals surface area contributed by atoms with Gasteiger partial charge in [0, 0.05) is 11.4 Å². The van der Waals surface area contributed by atoms with Crippen LogP contribution in [0.1, 0.15) is 5.56 Å². The lowest BCUT2D eigenvalue weighted by molar-refractivity contribution is -0.138. The van der Waals surface area contributed by atoms with Gasteiger partial charge in [0.25, 0.3) is 0 Å². The van der Waals surface area contributed by atoms with E-state index in [1.165, 1.54) is 0 Å². The largest absolute Gasteiger partial charge is 0.480 e. The van der Waals surface area contributed by atoms with Crippen LogP contribution >= 0.6 is 25.3 Å². The fourth-order valence-electron chi connectivity index (χ4n) is 2.77. The number of carbonyl (C=O) groups excluding carboxylic acids is 1. The van der Waals surface area contributed by atoms with Crippen molar-refractivity contribution in [1.29, 1.82) is 0 Å². The minimum absolute atomic E-state index is 0.0822. The number of carbonyl (C=O) groups is 2. The van der Waals surface area contributed by atoms with Gasteiger partial charge in [-0.15, -0.1) is 35.5 Å². The molecule has 1 unspecified atom stereocenters. The molecule has 9 nitrogen and oxygen atoms in total. The Bertz CT molecular complexity index is 1050. The molecule has 0 aliphatic rings. The first-order chi connectivity index (χ1) is 14.4. The molecule has 4 N–H and O–H groups in total. The third kappa shape index (κ3) is 5.32. The number of nitrogens with one attached hydrogen (secondary N) is 2. The number of nitrogens with zero attached hydrogens (tertiary/aromatic N) is 3. The normalized spacial score (nSPS) is 11.7. The minimum atomic E-state index is -1.16. The second-order valence-electron chi connectivity index (χ2n) is 6.33. The van der Waals surface area contributed by atoms with Crippen LogP contribution in [0, 0.1) is 0 Å². The number of carboxylic acid groups (broad SMARTS) is 1. The van der Waals surface area contributed by atoms with Gasteiger partial charge in [-0.2, -0.15) is 0 Å². The first-order valence-electron chi connectivity index (χ1n) is 8.80. The van der Waals surface area contributed by atoms with Gasteiger partial charge in [0.15, 0.2) is 10.3 Å². The second-order valence-corrected chi connectivity index (χ2v) is 7.13. The van der Waals surface area contributed by atoms with E-state index in [9.17, 15) is 9.59 Å². The number of thiol groups is 2. The van der Waals surface area contributed by atoms with E-state index in [2.05, 4.69) is 46.1 Å². The summed E-state index contributed by atoms with van der Waals surface area (Å²) in [6.07, 6.45) is 0.0822. The summed E-state index contributed by atoms with van der Waals surface area (Å²) in [5.74, 6) is -1.41. The fourth-order valence-corrected chi connectivity index (χ4v) is 3.36. The van der Waals surface area contributed by atoms with Crippen LogP contribution in [0.25, 0.3) is 5.69 Å². The van der Waals surface area contributed by atoms with E-state index in [0.29, 0.717) is 32.9 Å². The van der Waals surface area contributed by atoms with E-state index in [0.717, 1.165) is 0 Å². The molecule has 1 atom stereocenters. The number of hydrogen-bond acceptors (Lipinski definition) is 8. The molecule has 0 aliphatic carbocycles. The molecule has 3 aromatic rings. The zero-order chi connectivity index (χ0) is 21.7. The molecule has 0 bridgehead atoms. The van der Waals surface area contributed by atoms with Crippen LogP contribution in [0.15, 0.2) is 58.8 Å². The van der Waals surface area contributed by atoms with E-state index in [1.54, 1.807) is 47.0 Å². The number of aliphatic hydroxyl groups excluding tert-OH is 1. The van der Waals surface area contributed by atoms with Crippen molar-refractivity contribution in [2.24, 2.45) is 0 Å². The number of aliphatic carboxylic acids is 1. The van der Waals surface area contributed by atoms with Crippen molar-refractivity contribution in [2.75, 3.05) is 17.2 Å². The van der Waals surface area contributed by atoms with Gasteiger partial charge in [-0.25, -0.2) is 4.79 Å². The predicted molar refractivity (Wildman–Crippen MR) is 117 cm³/mol. The summed E-state index contributed by atoms with van der Waals surface area (Å²) in [6, 6.07) is 12.8. The number of benzene rings is 2. The standard InChI is InChI=1S/C19H19N5O4S2/c25-10-15(17(27)28)20-12-4-1-3-11(7-12)8-16(26)21-13-5-2-6-14(9-13)24-18(29)22-23-19(24)30/h1-7,9,15,20,25H,8,10H2,(H,21,26)(H,22,29)(H,23,30)(H,27,28). The number of anilines is 2. The van der Waals surface area contributed by atoms with Gasteiger partial charge in [-0.1, -0.05) is 18.2 Å². The highest BCUT2D eigenvalue weighted by Gasteiger charge is 2.16. The van der Waals surface area contributed by atoms with Crippen LogP contribution in [0.5, 0.6) is 0 Å². The maximum atomic E-state index is 12.5. The number of amides is 1. The van der Waals surface area contributed by atoms with Crippen LogP contribution < -0.4 is 10.6 Å². The Kier molecular flexibility index (Phi) is 6.98. The van der Waals surface area contributed by atoms with E-state index in [4.69, 9.17) is 10.2 Å². The summed E-state index contributed by atoms with van der Waals surface area (Å²) in [6.45, 7) is -0.551. The Labute approximate surface area is 183 Å². The molecule has 0 radical (unpaired) electrons. The molecular weight excluding hydrogens is 426 g/mol. The zero-order valence-electron chi connectivity index (χ0n) is 15.6. The van der Waals surface area contributed by atoms with E-state index in [1.807, 2.05) is 6.07 Å². The summed E-state index contributed by atoms with van der Waals surface area (Å²) in [7, 11) is 0. The van der Waals surface area contributed by atoms with Crippen LogP contribution in [0.4, 0.5) is 11.4 Å². The molecule has 11 heteroatoms. The van der Waals surface area contributed by atoms with Crippen molar-refractivity contribution in [3.63, 3.8) is 0 Å². The highest BCUT2D eigenvalue weighted by Crippen LogP contribution is 2.21. The fraction of sp³-hybridized carbons (Fsp3) is 0.158. The number of carboxylic acids is 1. The van der Waals surface area contributed by atoms with Crippen molar-refractivity contribution < 1.29 is 19.8 Å². The lowest BCUT2D eigenvalue weighted by Gasteiger charge is -2.14. The van der Waals surface area contributed by atoms with Crippen molar-refractivity contribution >= 4 is 48.5 Å². The molecule has 0 saturated carbocycles. The van der Waals surface area contributed by atoms with E-state index < -0.39 is 18.6 Å². The van der Waals surface area contributed by atoms with Crippen molar-refractivity contribution in [3.05, 3.63) is 54.1 Å². The molecule has 1 aromatic heterocycles. The monoisotopic (exact) mass is 445 g/mol. The van der Waals surface area contributed by atoms with Crippen LogP contribution in [0.3, 0.4) is 0 Å². The Morgan fingerprint density at radius 2 is 1.70 bits per heavy atom. The van der Waals surface area contributed by atoms with Gasteiger partial charge in [-0.05, 0) is 35.9 Å². The molecular formula is C19H19N5O4S2. The molecule has 1 amide bonds. The Morgan fingerprint density at radius 1 is 1.03 bits per heavy atom. The van der Waals surface area contributed by atoms with Gasteiger partial charge in [0.1, 0.15) is 6.04 Å². The third-order valence-electron chi connectivity index (χ3n) is 4.13. The van der Waals surface area contributed by atoms with Gasteiger partial charge < -0.3 is 20.8 Å².